The summed E-state index contributed by atoms with van der Waals surface area (Å²) >= 11 is 0. The van der Waals surface area contributed by atoms with Crippen LogP contribution >= 0.6 is 0 Å². The monoisotopic (exact) mass is 365 g/mol. The average Bonchev–Trinajstić information content (AvgIpc) is 3.17. The van der Waals surface area contributed by atoms with Crippen molar-refractivity contribution < 1.29 is 4.79 Å². The maximum atomic E-state index is 13.1. The highest BCUT2D eigenvalue weighted by Crippen LogP contribution is 2.36. The van der Waals surface area contributed by atoms with Crippen LogP contribution in [0.2, 0.25) is 0 Å². The van der Waals surface area contributed by atoms with Gasteiger partial charge in [-0.15, -0.1) is 0 Å². The molecule has 0 atom stereocenters. The van der Waals surface area contributed by atoms with Crippen molar-refractivity contribution in [2.75, 3.05) is 5.32 Å². The lowest BCUT2D eigenvalue weighted by atomic mass is 9.97. The van der Waals surface area contributed by atoms with Gasteiger partial charge in [0.25, 0.3) is 5.91 Å². The molecule has 0 spiro atoms. The van der Waals surface area contributed by atoms with Crippen LogP contribution in [0.4, 0.5) is 5.69 Å². The summed E-state index contributed by atoms with van der Waals surface area (Å²) in [5.74, 6) is 0.563. The summed E-state index contributed by atoms with van der Waals surface area (Å²) in [6, 6.07) is 5.68. The van der Waals surface area contributed by atoms with Crippen LogP contribution in [0.25, 0.3) is 10.9 Å². The van der Waals surface area contributed by atoms with Crippen molar-refractivity contribution in [3.8, 4) is 0 Å². The quantitative estimate of drug-likeness (QED) is 0.389. The van der Waals surface area contributed by atoms with Crippen LogP contribution in [0.3, 0.4) is 0 Å². The first kappa shape index (κ1) is 18.9. The van der Waals surface area contributed by atoms with Crippen molar-refractivity contribution in [3.05, 3.63) is 46.9 Å². The molecule has 6 nitrogen and oxygen atoms in total. The molecule has 0 radical (unpaired) electrons. The summed E-state index contributed by atoms with van der Waals surface area (Å²) in [4.78, 5) is 17.3. The average molecular weight is 365 g/mol. The van der Waals surface area contributed by atoms with Crippen molar-refractivity contribution in [3.63, 3.8) is 0 Å². The second-order valence-corrected chi connectivity index (χ2v) is 7.53. The molecule has 0 unspecified atom stereocenters. The third-order valence-corrected chi connectivity index (χ3v) is 4.94. The molecular weight excluding hydrogens is 338 g/mol. The molecule has 0 saturated heterocycles. The highest BCUT2D eigenvalue weighted by molar-refractivity contribution is 6.08. The predicted molar refractivity (Wildman–Crippen MR) is 111 cm³/mol. The van der Waals surface area contributed by atoms with Crippen LogP contribution in [0.15, 0.2) is 51.9 Å². The van der Waals surface area contributed by atoms with Crippen LogP contribution in [0.1, 0.15) is 47.0 Å². The van der Waals surface area contributed by atoms with Gasteiger partial charge >= 0.3 is 0 Å². The molecule has 2 aromatic rings. The van der Waals surface area contributed by atoms with Crippen LogP contribution in [0.5, 0.6) is 0 Å². The van der Waals surface area contributed by atoms with E-state index in [0.717, 1.165) is 40.6 Å². The van der Waals surface area contributed by atoms with Gasteiger partial charge < -0.3 is 10.6 Å². The number of benzene rings is 1. The Morgan fingerprint density at radius 3 is 2.70 bits per heavy atom. The minimum Gasteiger partial charge on any atom is -0.365 e. The lowest BCUT2D eigenvalue weighted by molar-refractivity contribution is -0.112. The predicted octanol–water partition coefficient (Wildman–Crippen LogP) is 4.30. The fourth-order valence-electron chi connectivity index (χ4n) is 3.15. The maximum Gasteiger partial charge on any atom is 0.256 e. The number of nitrogens with one attached hydrogen (secondary N) is 3. The number of aromatic nitrogens is 2. The number of amides is 1. The molecule has 1 aliphatic carbocycles. The van der Waals surface area contributed by atoms with E-state index in [2.05, 4.69) is 39.5 Å². The number of carbonyl (C=O) groups is 1. The van der Waals surface area contributed by atoms with E-state index in [4.69, 9.17) is 0 Å². The van der Waals surface area contributed by atoms with Crippen molar-refractivity contribution in [2.24, 2.45) is 4.99 Å². The molecule has 0 aliphatic heterocycles. The fourth-order valence-corrected chi connectivity index (χ4v) is 3.15. The number of aliphatic imine (C=N–C) groups is 1. The van der Waals surface area contributed by atoms with Gasteiger partial charge in [-0.05, 0) is 65.0 Å². The number of hydrogen-bond acceptors (Lipinski definition) is 4. The Morgan fingerprint density at radius 2 is 2.11 bits per heavy atom. The van der Waals surface area contributed by atoms with Gasteiger partial charge in [0.15, 0.2) is 0 Å². The summed E-state index contributed by atoms with van der Waals surface area (Å²) in [5.41, 5.74) is 4.22. The normalized spacial score (nSPS) is 15.7. The highest BCUT2D eigenvalue weighted by Gasteiger charge is 2.38. The number of rotatable bonds is 7. The SMILES string of the molecule is C=N/C(NC1(C)CC1)=C(\CC)C(C(=O)Nc1ccc2[nH]ncc2c1)=C(C)C. The number of allylic oxidation sites excluding steroid dienone is 1. The standard InChI is InChI=1S/C21H27N5O/c1-6-16(19(22-5)25-21(4)9-10-21)18(13(2)3)20(27)24-15-7-8-17-14(11-15)12-23-26-17/h7-8,11-12,25H,5-6,9-10H2,1-4H3,(H,23,26)(H,24,27)/b19-16-. The van der Waals surface area contributed by atoms with Gasteiger partial charge in [-0.1, -0.05) is 12.5 Å². The zero-order valence-corrected chi connectivity index (χ0v) is 16.4. The second kappa shape index (κ2) is 7.39. The van der Waals surface area contributed by atoms with Gasteiger partial charge in [0.2, 0.25) is 0 Å². The van der Waals surface area contributed by atoms with Gasteiger partial charge in [0, 0.05) is 27.8 Å². The summed E-state index contributed by atoms with van der Waals surface area (Å²) < 4.78 is 0. The van der Waals surface area contributed by atoms with Crippen LogP contribution in [-0.4, -0.2) is 28.4 Å². The summed E-state index contributed by atoms with van der Waals surface area (Å²) in [6.45, 7) is 11.8. The van der Waals surface area contributed by atoms with E-state index in [0.29, 0.717) is 17.8 Å². The van der Waals surface area contributed by atoms with Crippen LogP contribution < -0.4 is 10.6 Å². The molecule has 1 aromatic heterocycles. The zero-order chi connectivity index (χ0) is 19.6. The van der Waals surface area contributed by atoms with Crippen molar-refractivity contribution >= 4 is 29.2 Å². The molecule has 27 heavy (non-hydrogen) atoms. The van der Waals surface area contributed by atoms with E-state index in [9.17, 15) is 4.79 Å². The van der Waals surface area contributed by atoms with E-state index < -0.39 is 0 Å². The molecule has 1 aromatic carbocycles. The Labute approximate surface area is 159 Å². The summed E-state index contributed by atoms with van der Waals surface area (Å²) in [6.07, 6.45) is 4.63. The lowest BCUT2D eigenvalue weighted by Crippen LogP contribution is -2.29. The maximum absolute atomic E-state index is 13.1. The highest BCUT2D eigenvalue weighted by atomic mass is 16.1. The van der Waals surface area contributed by atoms with Gasteiger partial charge in [0.05, 0.1) is 11.7 Å². The third kappa shape index (κ3) is 4.10. The van der Waals surface area contributed by atoms with Gasteiger partial charge in [-0.3, -0.25) is 9.89 Å². The molecule has 1 amide bonds. The van der Waals surface area contributed by atoms with Crippen molar-refractivity contribution in [1.29, 1.82) is 0 Å². The topological polar surface area (TPSA) is 82.2 Å². The van der Waals surface area contributed by atoms with E-state index in [1.165, 1.54) is 0 Å². The number of H-pyrrole nitrogens is 1. The largest absolute Gasteiger partial charge is 0.365 e. The first-order valence-electron chi connectivity index (χ1n) is 9.27. The molecule has 1 aliphatic rings. The molecule has 3 rings (SSSR count). The van der Waals surface area contributed by atoms with Crippen LogP contribution in [-0.2, 0) is 4.79 Å². The molecule has 142 valence electrons. The minimum atomic E-state index is -0.140. The van der Waals surface area contributed by atoms with Gasteiger partial charge in [-0.25, -0.2) is 4.99 Å². The Morgan fingerprint density at radius 1 is 1.37 bits per heavy atom. The molecule has 0 bridgehead atoms. The molecule has 1 fully saturated rings. The van der Waals surface area contributed by atoms with E-state index in [1.54, 1.807) is 6.20 Å². The third-order valence-electron chi connectivity index (χ3n) is 4.94. The number of hydrogen-bond donors (Lipinski definition) is 3. The minimum absolute atomic E-state index is 0.0620. The van der Waals surface area contributed by atoms with E-state index in [1.807, 2.05) is 39.0 Å². The molecule has 1 saturated carbocycles. The second-order valence-electron chi connectivity index (χ2n) is 7.53. The summed E-state index contributed by atoms with van der Waals surface area (Å²) in [5, 5.41) is 14.4. The molecule has 1 heterocycles. The van der Waals surface area contributed by atoms with Gasteiger partial charge in [0.1, 0.15) is 5.82 Å². The van der Waals surface area contributed by atoms with E-state index >= 15 is 0 Å². The van der Waals surface area contributed by atoms with Crippen LogP contribution in [0, 0.1) is 0 Å². The number of aromatic amines is 1. The Hall–Kier alpha value is -2.89. The summed E-state index contributed by atoms with van der Waals surface area (Å²) in [7, 11) is 0. The van der Waals surface area contributed by atoms with Gasteiger partial charge in [-0.2, -0.15) is 5.10 Å². The van der Waals surface area contributed by atoms with Crippen molar-refractivity contribution in [2.45, 2.75) is 52.5 Å². The van der Waals surface area contributed by atoms with E-state index in [-0.39, 0.29) is 11.4 Å². The van der Waals surface area contributed by atoms with Crippen molar-refractivity contribution in [1.82, 2.24) is 15.5 Å². The number of carbonyl (C=O) groups excluding carboxylic acids is 1. The molecule has 3 N–H and O–H groups in total. The fraction of sp³-hybridized carbons (Fsp3) is 0.381. The number of fused-ring (bicyclic) bond motifs is 1. The molecule has 6 heteroatoms. The first-order chi connectivity index (χ1) is 12.9. The zero-order valence-electron chi connectivity index (χ0n) is 16.4. The lowest BCUT2D eigenvalue weighted by Gasteiger charge is -2.20. The first-order valence-corrected chi connectivity index (χ1v) is 9.27. The Bertz CT molecular complexity index is 942. The molecular formula is C21H27N5O. The number of anilines is 1. The Balaban J connectivity index is 1.92. The Kier molecular flexibility index (Phi) is 5.17. The number of nitrogens with zero attached hydrogens (tertiary/aromatic N) is 2. The smallest absolute Gasteiger partial charge is 0.256 e.